The van der Waals surface area contributed by atoms with E-state index in [1.807, 2.05) is 25.1 Å². The summed E-state index contributed by atoms with van der Waals surface area (Å²) in [7, 11) is 4.57. The van der Waals surface area contributed by atoms with Crippen LogP contribution in [-0.2, 0) is 0 Å². The van der Waals surface area contributed by atoms with Gasteiger partial charge in [0.2, 0.25) is 0 Å². The molecule has 27 heavy (non-hydrogen) atoms. The van der Waals surface area contributed by atoms with Gasteiger partial charge in [0.1, 0.15) is 28.6 Å². The molecule has 0 saturated carbocycles. The predicted octanol–water partition coefficient (Wildman–Crippen LogP) is 3.57. The van der Waals surface area contributed by atoms with Crippen LogP contribution in [0.2, 0.25) is 0 Å². The zero-order chi connectivity index (χ0) is 19.1. The first-order valence-electron chi connectivity index (χ1n) is 8.38. The second kappa shape index (κ2) is 11.2. The minimum atomic E-state index is -0.0494. The van der Waals surface area contributed by atoms with Gasteiger partial charge in [0.25, 0.3) is 0 Å². The molecule has 1 radical (unpaired) electrons. The zero-order valence-corrected chi connectivity index (χ0v) is 17.8. The van der Waals surface area contributed by atoms with Crippen LogP contribution in [0.4, 0.5) is 0 Å². The molecule has 0 bridgehead atoms. The topological polar surface area (TPSA) is 54.0 Å². The van der Waals surface area contributed by atoms with Gasteiger partial charge in [0.15, 0.2) is 5.52 Å². The molecule has 1 atom stereocenters. The average Bonchev–Trinajstić information content (AvgIpc) is 2.66. The van der Waals surface area contributed by atoms with Crippen molar-refractivity contribution in [2.24, 2.45) is 0 Å². The van der Waals surface area contributed by atoms with Gasteiger partial charge in [0.05, 0.1) is 27.9 Å². The summed E-state index contributed by atoms with van der Waals surface area (Å²) >= 11 is 0. The van der Waals surface area contributed by atoms with Crippen molar-refractivity contribution in [2.45, 2.75) is 20.3 Å². The molecule has 0 saturated heterocycles. The Kier molecular flexibility index (Phi) is 9.73. The van der Waals surface area contributed by atoms with Gasteiger partial charge in [-0.15, -0.1) is 0 Å². The molecule has 0 aromatic heterocycles. The predicted molar refractivity (Wildman–Crippen MR) is 111 cm³/mol. The van der Waals surface area contributed by atoms with E-state index in [4.69, 9.17) is 18.9 Å². The number of hydrogen-bond acceptors (Lipinski definition) is 5. The van der Waals surface area contributed by atoms with Gasteiger partial charge >= 0.3 is 0 Å². The normalized spacial score (nSPS) is 10.4. The van der Waals surface area contributed by atoms with Crippen LogP contribution in [0.3, 0.4) is 0 Å². The number of benzene rings is 2. The number of carbonyl (C=O) groups excluding carboxylic acids is 1. The van der Waals surface area contributed by atoms with Crippen molar-refractivity contribution in [3.05, 3.63) is 41.5 Å². The number of hydrogen-bond donors (Lipinski definition) is 0. The van der Waals surface area contributed by atoms with Crippen LogP contribution < -0.4 is 24.3 Å². The molecule has 141 valence electrons. The Balaban J connectivity index is 0.00000364. The molecular weight excluding hydrogens is 358 g/mol. The van der Waals surface area contributed by atoms with Gasteiger partial charge in [-0.25, -0.2) is 0 Å². The van der Waals surface area contributed by atoms with Gasteiger partial charge in [-0.05, 0) is 44.9 Å². The number of ether oxygens (including phenoxy) is 4. The van der Waals surface area contributed by atoms with Gasteiger partial charge in [-0.3, -0.25) is 4.79 Å². The van der Waals surface area contributed by atoms with E-state index in [0.29, 0.717) is 29.4 Å². The van der Waals surface area contributed by atoms with Gasteiger partial charge in [-0.2, -0.15) is 0 Å². The molecule has 0 aliphatic carbocycles. The standard InChI is InChI=1S/C20H25O5P.Li/c1-6-9-25-14-7-8-18(13(2)10-14)26-20(21)19-16(23-4)11-15(22-3)12-17(19)24-5;/h7-8,10-12,26H,6,9H2,1-5H3;. The van der Waals surface area contributed by atoms with Crippen molar-refractivity contribution in [3.63, 3.8) is 0 Å². The molecule has 2 aromatic carbocycles. The van der Waals surface area contributed by atoms with Crippen molar-refractivity contribution in [1.29, 1.82) is 0 Å². The minimum Gasteiger partial charge on any atom is -0.496 e. The van der Waals surface area contributed by atoms with Gasteiger partial charge in [-0.1, -0.05) is 13.0 Å². The summed E-state index contributed by atoms with van der Waals surface area (Å²) in [5, 5.41) is 0.971. The third-order valence-corrected chi connectivity index (χ3v) is 5.17. The third-order valence-electron chi connectivity index (χ3n) is 3.86. The van der Waals surface area contributed by atoms with Crippen molar-refractivity contribution >= 4 is 38.3 Å². The molecule has 0 aliphatic heterocycles. The van der Waals surface area contributed by atoms with Crippen LogP contribution in [0.5, 0.6) is 23.0 Å². The van der Waals surface area contributed by atoms with Gasteiger partial charge < -0.3 is 18.9 Å². The molecule has 2 rings (SSSR count). The average molecular weight is 383 g/mol. The summed E-state index contributed by atoms with van der Waals surface area (Å²) in [5.41, 5.74) is 1.41. The van der Waals surface area contributed by atoms with Crippen molar-refractivity contribution in [3.8, 4) is 23.0 Å². The Morgan fingerprint density at radius 2 is 1.59 bits per heavy atom. The SMILES string of the molecule is CCCOc1ccc(PC(=O)c2c(OC)cc(OC)cc2OC)c(C)c1.[Li]. The fourth-order valence-corrected chi connectivity index (χ4v) is 3.55. The van der Waals surface area contributed by atoms with Crippen LogP contribution in [0.25, 0.3) is 0 Å². The summed E-state index contributed by atoms with van der Waals surface area (Å²) in [6.45, 7) is 4.73. The van der Waals surface area contributed by atoms with E-state index in [1.165, 1.54) is 14.2 Å². The van der Waals surface area contributed by atoms with E-state index in [-0.39, 0.29) is 33.0 Å². The van der Waals surface area contributed by atoms with Crippen LogP contribution in [0.1, 0.15) is 29.3 Å². The fourth-order valence-electron chi connectivity index (χ4n) is 2.50. The Bertz CT molecular complexity index is 754. The molecule has 0 amide bonds. The quantitative estimate of drug-likeness (QED) is 0.490. The number of aryl methyl sites for hydroxylation is 1. The first kappa shape index (κ1) is 23.4. The maximum absolute atomic E-state index is 13.0. The molecule has 0 spiro atoms. The summed E-state index contributed by atoms with van der Waals surface area (Å²) in [5.74, 6) is 2.29. The molecule has 1 unspecified atom stereocenters. The van der Waals surface area contributed by atoms with E-state index in [0.717, 1.165) is 23.0 Å². The largest absolute Gasteiger partial charge is 0.496 e. The van der Waals surface area contributed by atoms with Crippen LogP contribution in [-0.4, -0.2) is 52.3 Å². The molecule has 0 aliphatic rings. The zero-order valence-electron chi connectivity index (χ0n) is 16.8. The van der Waals surface area contributed by atoms with Crippen molar-refractivity contribution in [1.82, 2.24) is 0 Å². The minimum absolute atomic E-state index is 0. The van der Waals surface area contributed by atoms with Crippen LogP contribution in [0, 0.1) is 6.92 Å². The van der Waals surface area contributed by atoms with E-state index in [1.54, 1.807) is 19.2 Å². The first-order valence-corrected chi connectivity index (χ1v) is 9.38. The van der Waals surface area contributed by atoms with Gasteiger partial charge in [0, 0.05) is 31.0 Å². The second-order valence-electron chi connectivity index (χ2n) is 5.69. The molecule has 0 heterocycles. The van der Waals surface area contributed by atoms with Crippen LogP contribution >= 0.6 is 8.58 Å². The van der Waals surface area contributed by atoms with E-state index in [9.17, 15) is 4.79 Å². The molecule has 5 nitrogen and oxygen atoms in total. The number of methoxy groups -OCH3 is 3. The van der Waals surface area contributed by atoms with Crippen molar-refractivity contribution in [2.75, 3.05) is 27.9 Å². The number of rotatable bonds is 9. The van der Waals surface area contributed by atoms with Crippen molar-refractivity contribution < 1.29 is 23.7 Å². The smallest absolute Gasteiger partial charge is 0.193 e. The van der Waals surface area contributed by atoms with Crippen LogP contribution in [0.15, 0.2) is 30.3 Å². The summed E-state index contributed by atoms with van der Waals surface area (Å²) < 4.78 is 21.6. The molecule has 0 N–H and O–H groups in total. The first-order chi connectivity index (χ1) is 12.5. The van der Waals surface area contributed by atoms with E-state index < -0.39 is 0 Å². The maximum Gasteiger partial charge on any atom is 0.193 e. The summed E-state index contributed by atoms with van der Waals surface area (Å²) in [6.07, 6.45) is 0.956. The Morgan fingerprint density at radius 1 is 0.963 bits per heavy atom. The van der Waals surface area contributed by atoms with E-state index >= 15 is 0 Å². The fraction of sp³-hybridized carbons (Fsp3) is 0.350. The Labute approximate surface area is 174 Å². The molecular formula is C20H25LiO5P. The van der Waals surface area contributed by atoms with E-state index in [2.05, 4.69) is 6.92 Å². The Morgan fingerprint density at radius 3 is 2.07 bits per heavy atom. The second-order valence-corrected chi connectivity index (χ2v) is 6.93. The molecule has 0 fully saturated rings. The third kappa shape index (κ3) is 5.91. The molecule has 2 aromatic rings. The Hall–Kier alpha value is -1.66. The molecule has 7 heteroatoms. The maximum atomic E-state index is 13.0. The monoisotopic (exact) mass is 383 g/mol. The summed E-state index contributed by atoms with van der Waals surface area (Å²) in [4.78, 5) is 13.0. The number of carbonyl (C=O) groups is 1. The summed E-state index contributed by atoms with van der Waals surface area (Å²) in [6, 6.07) is 9.19.